The topological polar surface area (TPSA) is 96.5 Å². The van der Waals surface area contributed by atoms with E-state index in [1.807, 2.05) is 30.3 Å². The van der Waals surface area contributed by atoms with Crippen molar-refractivity contribution < 1.29 is 18.7 Å². The number of aryl methyl sites for hydroxylation is 1. The Morgan fingerprint density at radius 1 is 1.16 bits per heavy atom. The predicted octanol–water partition coefficient (Wildman–Crippen LogP) is 3.35. The highest BCUT2D eigenvalue weighted by Gasteiger charge is 2.25. The van der Waals surface area contributed by atoms with Crippen LogP contribution in [0.25, 0.3) is 22.0 Å². The van der Waals surface area contributed by atoms with Crippen molar-refractivity contribution in [1.29, 1.82) is 0 Å². The van der Waals surface area contributed by atoms with Crippen molar-refractivity contribution in [3.8, 4) is 11.3 Å². The first-order valence-corrected chi connectivity index (χ1v) is 10.4. The molecule has 0 N–H and O–H groups in total. The zero-order valence-electron chi connectivity index (χ0n) is 17.5. The summed E-state index contributed by atoms with van der Waals surface area (Å²) in [4.78, 5) is 24.9. The minimum absolute atomic E-state index is 0.325. The number of carbonyl (C=O) groups is 1. The molecule has 32 heavy (non-hydrogen) atoms. The number of hydrogen-bond donors (Lipinski definition) is 0. The van der Waals surface area contributed by atoms with Gasteiger partial charge in [-0.15, -0.1) is 5.10 Å². The third-order valence-corrected chi connectivity index (χ3v) is 5.61. The van der Waals surface area contributed by atoms with Crippen molar-refractivity contribution >= 4 is 16.7 Å². The molecular weight excluding hydrogens is 410 g/mol. The van der Waals surface area contributed by atoms with Crippen LogP contribution in [0.4, 0.5) is 0 Å². The van der Waals surface area contributed by atoms with E-state index in [1.54, 1.807) is 22.9 Å². The quantitative estimate of drug-likeness (QED) is 0.459. The number of esters is 1. The van der Waals surface area contributed by atoms with Crippen LogP contribution in [0.15, 0.2) is 57.7 Å². The van der Waals surface area contributed by atoms with E-state index in [1.165, 1.54) is 7.11 Å². The van der Waals surface area contributed by atoms with E-state index >= 15 is 0 Å². The van der Waals surface area contributed by atoms with Crippen molar-refractivity contribution in [1.82, 2.24) is 15.0 Å². The molecular formula is C24H21N3O5. The molecule has 0 aliphatic carbocycles. The standard InChI is InChI=1S/C24H21N3O5/c1-30-23(28)16-9-10-17-18(12-16)21-20(32-24(17)29)8-5-11-31-14-19-22(21)25-26-27(19)13-15-6-3-2-4-7-15/h2-4,6-7,9-10,12H,5,8,11,13-14H2,1H3. The van der Waals surface area contributed by atoms with E-state index in [9.17, 15) is 9.59 Å². The van der Waals surface area contributed by atoms with E-state index in [0.717, 1.165) is 11.3 Å². The Kier molecular flexibility index (Phi) is 5.28. The molecule has 0 saturated carbocycles. The molecule has 1 aliphatic rings. The minimum Gasteiger partial charge on any atom is -0.465 e. The van der Waals surface area contributed by atoms with E-state index < -0.39 is 11.6 Å². The Morgan fingerprint density at radius 3 is 2.81 bits per heavy atom. The summed E-state index contributed by atoms with van der Waals surface area (Å²) >= 11 is 0. The number of fused-ring (bicyclic) bond motifs is 5. The lowest BCUT2D eigenvalue weighted by Crippen LogP contribution is -2.09. The van der Waals surface area contributed by atoms with E-state index in [0.29, 0.717) is 66.0 Å². The number of nitrogens with zero attached hydrogens (tertiary/aromatic N) is 3. The molecule has 0 amide bonds. The first-order valence-electron chi connectivity index (χ1n) is 10.4. The van der Waals surface area contributed by atoms with Crippen LogP contribution < -0.4 is 5.63 Å². The number of methoxy groups -OCH3 is 1. The molecule has 0 atom stereocenters. The number of aromatic nitrogens is 3. The van der Waals surface area contributed by atoms with Crippen LogP contribution in [0.3, 0.4) is 0 Å². The summed E-state index contributed by atoms with van der Waals surface area (Å²) in [6.07, 6.45) is 1.20. The van der Waals surface area contributed by atoms with Gasteiger partial charge in [-0.25, -0.2) is 14.3 Å². The van der Waals surface area contributed by atoms with Crippen LogP contribution in [-0.2, 0) is 29.0 Å². The second kappa shape index (κ2) is 8.39. The summed E-state index contributed by atoms with van der Waals surface area (Å²) < 4.78 is 18.3. The third kappa shape index (κ3) is 3.58. The molecule has 162 valence electrons. The van der Waals surface area contributed by atoms with Gasteiger partial charge in [0.25, 0.3) is 0 Å². The lowest BCUT2D eigenvalue weighted by atomic mass is 9.98. The molecule has 0 saturated heterocycles. The van der Waals surface area contributed by atoms with Crippen molar-refractivity contribution in [2.75, 3.05) is 13.7 Å². The van der Waals surface area contributed by atoms with Crippen LogP contribution >= 0.6 is 0 Å². The molecule has 3 heterocycles. The van der Waals surface area contributed by atoms with Gasteiger partial charge in [-0.05, 0) is 30.2 Å². The molecule has 2 aromatic carbocycles. The van der Waals surface area contributed by atoms with Crippen LogP contribution in [0, 0.1) is 0 Å². The summed E-state index contributed by atoms with van der Waals surface area (Å²) in [6.45, 7) is 1.37. The van der Waals surface area contributed by atoms with Crippen molar-refractivity contribution in [3.63, 3.8) is 0 Å². The second-order valence-corrected chi connectivity index (χ2v) is 7.62. The molecule has 4 aromatic rings. The fourth-order valence-corrected chi connectivity index (χ4v) is 4.03. The second-order valence-electron chi connectivity index (χ2n) is 7.62. The molecule has 0 unspecified atom stereocenters. The smallest absolute Gasteiger partial charge is 0.343 e. The summed E-state index contributed by atoms with van der Waals surface area (Å²) in [5.74, 6) is 0.0382. The minimum atomic E-state index is -0.478. The predicted molar refractivity (Wildman–Crippen MR) is 116 cm³/mol. The van der Waals surface area contributed by atoms with E-state index in [2.05, 4.69) is 10.3 Å². The molecule has 0 fully saturated rings. The Bertz CT molecular complexity index is 1360. The largest absolute Gasteiger partial charge is 0.465 e. The van der Waals surface area contributed by atoms with Gasteiger partial charge in [0.1, 0.15) is 11.5 Å². The van der Waals surface area contributed by atoms with E-state index in [-0.39, 0.29) is 0 Å². The summed E-state index contributed by atoms with van der Waals surface area (Å²) in [5.41, 5.74) is 3.03. The average Bonchev–Trinajstić information content (AvgIpc) is 3.23. The Hall–Kier alpha value is -3.78. The zero-order valence-corrected chi connectivity index (χ0v) is 17.5. The molecule has 8 nitrogen and oxygen atoms in total. The van der Waals surface area contributed by atoms with Gasteiger partial charge < -0.3 is 13.9 Å². The van der Waals surface area contributed by atoms with Crippen LogP contribution in [-0.4, -0.2) is 34.7 Å². The van der Waals surface area contributed by atoms with Gasteiger partial charge in [0.05, 0.1) is 42.5 Å². The maximum absolute atomic E-state index is 12.7. The molecule has 0 bridgehead atoms. The Balaban J connectivity index is 1.75. The monoisotopic (exact) mass is 431 g/mol. The van der Waals surface area contributed by atoms with Gasteiger partial charge in [0, 0.05) is 18.4 Å². The fraction of sp³-hybridized carbons (Fsp3) is 0.250. The SMILES string of the molecule is COC(=O)c1ccc2c(=O)oc3c(c2c1)-c1nnn(Cc2ccccc2)c1COCCC3. The average molecular weight is 431 g/mol. The molecule has 0 spiro atoms. The van der Waals surface area contributed by atoms with Crippen molar-refractivity contribution in [2.45, 2.75) is 26.0 Å². The van der Waals surface area contributed by atoms with Gasteiger partial charge in [0.15, 0.2) is 0 Å². The fourth-order valence-electron chi connectivity index (χ4n) is 4.03. The number of rotatable bonds is 3. The maximum atomic E-state index is 12.7. The first-order chi connectivity index (χ1) is 15.7. The third-order valence-electron chi connectivity index (χ3n) is 5.61. The van der Waals surface area contributed by atoms with Gasteiger partial charge in [-0.2, -0.15) is 0 Å². The van der Waals surface area contributed by atoms with Gasteiger partial charge in [-0.3, -0.25) is 0 Å². The highest BCUT2D eigenvalue weighted by molar-refractivity contribution is 6.01. The van der Waals surface area contributed by atoms with Crippen LogP contribution in [0.5, 0.6) is 0 Å². The van der Waals surface area contributed by atoms with Gasteiger partial charge in [-0.1, -0.05) is 35.5 Å². The van der Waals surface area contributed by atoms with Gasteiger partial charge in [0.2, 0.25) is 0 Å². The number of ether oxygens (including phenoxy) is 2. The van der Waals surface area contributed by atoms with E-state index in [4.69, 9.17) is 13.9 Å². The molecule has 0 radical (unpaired) electrons. The van der Waals surface area contributed by atoms with Gasteiger partial charge >= 0.3 is 11.6 Å². The van der Waals surface area contributed by atoms with Crippen molar-refractivity contribution in [2.24, 2.45) is 0 Å². The normalized spacial score (nSPS) is 13.5. The summed E-state index contributed by atoms with van der Waals surface area (Å²) in [6, 6.07) is 14.8. The Labute approximate surface area is 183 Å². The first kappa shape index (κ1) is 20.1. The lowest BCUT2D eigenvalue weighted by molar-refractivity contribution is 0.0601. The number of hydrogen-bond acceptors (Lipinski definition) is 7. The highest BCUT2D eigenvalue weighted by atomic mass is 16.5. The zero-order chi connectivity index (χ0) is 22.1. The van der Waals surface area contributed by atoms with Crippen LogP contribution in [0.2, 0.25) is 0 Å². The molecule has 2 aromatic heterocycles. The maximum Gasteiger partial charge on any atom is 0.343 e. The highest BCUT2D eigenvalue weighted by Crippen LogP contribution is 2.34. The molecule has 8 heteroatoms. The van der Waals surface area contributed by atoms with Crippen LogP contribution in [0.1, 0.15) is 33.8 Å². The molecule has 5 rings (SSSR count). The summed E-state index contributed by atoms with van der Waals surface area (Å²) in [7, 11) is 1.32. The van der Waals surface area contributed by atoms with Crippen molar-refractivity contribution in [3.05, 3.63) is 81.5 Å². The lowest BCUT2D eigenvalue weighted by Gasteiger charge is -2.11. The number of benzene rings is 2. The Morgan fingerprint density at radius 2 is 2.00 bits per heavy atom. The summed E-state index contributed by atoms with van der Waals surface area (Å²) in [5, 5.41) is 9.82. The molecule has 1 aliphatic heterocycles. The number of carbonyl (C=O) groups excluding carboxylic acids is 1.